The molecule has 5 heteroatoms. The van der Waals surface area contributed by atoms with E-state index in [2.05, 4.69) is 70.7 Å². The van der Waals surface area contributed by atoms with E-state index in [9.17, 15) is 0 Å². The maximum absolute atomic E-state index is 8.89. The van der Waals surface area contributed by atoms with Crippen LogP contribution in [0, 0.1) is 11.3 Å². The Bertz CT molecular complexity index is 1120. The Morgan fingerprint density at radius 1 is 0.964 bits per heavy atom. The summed E-state index contributed by atoms with van der Waals surface area (Å²) in [5.74, 6) is 1.06. The van der Waals surface area contributed by atoms with E-state index in [0.29, 0.717) is 23.9 Å². The zero-order valence-electron chi connectivity index (χ0n) is 15.7. The van der Waals surface area contributed by atoms with Crippen molar-refractivity contribution < 1.29 is 4.42 Å². The van der Waals surface area contributed by atoms with Crippen LogP contribution in [0.1, 0.15) is 17.0 Å². The van der Waals surface area contributed by atoms with E-state index in [1.54, 1.807) is 12.1 Å². The first-order valence-electron chi connectivity index (χ1n) is 9.21. The summed E-state index contributed by atoms with van der Waals surface area (Å²) in [5.41, 5.74) is 2.77. The van der Waals surface area contributed by atoms with Crippen LogP contribution in [0.25, 0.3) is 22.2 Å². The third kappa shape index (κ3) is 3.93. The second kappa shape index (κ2) is 8.03. The second-order valence-corrected chi connectivity index (χ2v) is 6.82. The van der Waals surface area contributed by atoms with Gasteiger partial charge in [-0.1, -0.05) is 42.5 Å². The molecule has 0 N–H and O–H groups in total. The maximum Gasteiger partial charge on any atom is 0.247 e. The summed E-state index contributed by atoms with van der Waals surface area (Å²) in [6.45, 7) is 1.48. The van der Waals surface area contributed by atoms with E-state index < -0.39 is 0 Å². The molecule has 0 aliphatic carbocycles. The Morgan fingerprint density at radius 2 is 1.75 bits per heavy atom. The van der Waals surface area contributed by atoms with E-state index in [1.165, 1.54) is 16.3 Å². The van der Waals surface area contributed by atoms with Gasteiger partial charge in [-0.3, -0.25) is 4.90 Å². The molecule has 138 valence electrons. The number of benzene rings is 3. The minimum Gasteiger partial charge on any atom is -0.419 e. The fraction of sp³-hybridized carbons (Fsp3) is 0.174. The zero-order chi connectivity index (χ0) is 19.3. The zero-order valence-corrected chi connectivity index (χ0v) is 15.7. The topological polar surface area (TPSA) is 66.0 Å². The SMILES string of the molecule is CN(CCc1cccc2ccccc12)Cc1nnc(-c2ccc(C#N)cc2)o1. The van der Waals surface area contributed by atoms with E-state index in [4.69, 9.17) is 9.68 Å². The number of hydrogen-bond donors (Lipinski definition) is 0. The number of fused-ring (bicyclic) bond motifs is 1. The van der Waals surface area contributed by atoms with Crippen LogP contribution < -0.4 is 0 Å². The fourth-order valence-corrected chi connectivity index (χ4v) is 3.25. The minimum atomic E-state index is 0.474. The Balaban J connectivity index is 1.39. The molecular weight excluding hydrogens is 348 g/mol. The second-order valence-electron chi connectivity index (χ2n) is 6.82. The molecule has 0 fully saturated rings. The largest absolute Gasteiger partial charge is 0.419 e. The van der Waals surface area contributed by atoms with Crippen molar-refractivity contribution in [3.63, 3.8) is 0 Å². The Morgan fingerprint density at radius 3 is 2.57 bits per heavy atom. The van der Waals surface area contributed by atoms with Crippen LogP contribution >= 0.6 is 0 Å². The van der Waals surface area contributed by atoms with Gasteiger partial charge in [0.05, 0.1) is 18.2 Å². The van der Waals surface area contributed by atoms with Gasteiger partial charge in [0.15, 0.2) is 0 Å². The summed E-state index contributed by atoms with van der Waals surface area (Å²) in [6.07, 6.45) is 0.953. The Hall–Kier alpha value is -3.49. The van der Waals surface area contributed by atoms with Gasteiger partial charge in [-0.25, -0.2) is 0 Å². The van der Waals surface area contributed by atoms with Gasteiger partial charge >= 0.3 is 0 Å². The highest BCUT2D eigenvalue weighted by molar-refractivity contribution is 5.85. The summed E-state index contributed by atoms with van der Waals surface area (Å²) in [6, 6.07) is 24.1. The molecule has 1 heterocycles. The van der Waals surface area contributed by atoms with E-state index in [-0.39, 0.29) is 0 Å². The molecule has 0 atom stereocenters. The molecule has 4 aromatic rings. The highest BCUT2D eigenvalue weighted by Crippen LogP contribution is 2.20. The molecule has 0 aliphatic heterocycles. The van der Waals surface area contributed by atoms with E-state index in [1.807, 2.05) is 12.1 Å². The lowest BCUT2D eigenvalue weighted by Gasteiger charge is -2.15. The molecule has 4 rings (SSSR count). The predicted molar refractivity (Wildman–Crippen MR) is 108 cm³/mol. The third-order valence-electron chi connectivity index (χ3n) is 4.78. The first-order valence-corrected chi connectivity index (χ1v) is 9.21. The molecule has 0 radical (unpaired) electrons. The molecule has 0 unspecified atom stereocenters. The summed E-state index contributed by atoms with van der Waals surface area (Å²) in [5, 5.41) is 19.7. The number of nitrogens with zero attached hydrogens (tertiary/aromatic N) is 4. The number of rotatable bonds is 6. The molecule has 0 saturated carbocycles. The van der Waals surface area contributed by atoms with Crippen LogP contribution in [-0.2, 0) is 13.0 Å². The molecular formula is C23H20N4O. The lowest BCUT2D eigenvalue weighted by atomic mass is 10.0. The lowest BCUT2D eigenvalue weighted by molar-refractivity contribution is 0.293. The number of hydrogen-bond acceptors (Lipinski definition) is 5. The van der Waals surface area contributed by atoms with Crippen LogP contribution in [0.3, 0.4) is 0 Å². The van der Waals surface area contributed by atoms with E-state index in [0.717, 1.165) is 18.5 Å². The van der Waals surface area contributed by atoms with Crippen LogP contribution in [0.2, 0.25) is 0 Å². The van der Waals surface area contributed by atoms with Crippen molar-refractivity contribution in [2.75, 3.05) is 13.6 Å². The molecule has 1 aromatic heterocycles. The minimum absolute atomic E-state index is 0.474. The van der Waals surface area contributed by atoms with Gasteiger partial charge in [-0.15, -0.1) is 10.2 Å². The van der Waals surface area contributed by atoms with Crippen molar-refractivity contribution in [3.05, 3.63) is 83.7 Å². The van der Waals surface area contributed by atoms with Gasteiger partial charge in [-0.05, 0) is 54.1 Å². The fourth-order valence-electron chi connectivity index (χ4n) is 3.25. The van der Waals surface area contributed by atoms with Crippen LogP contribution in [0.5, 0.6) is 0 Å². The van der Waals surface area contributed by atoms with Crippen molar-refractivity contribution in [2.45, 2.75) is 13.0 Å². The first kappa shape index (κ1) is 17.9. The standard InChI is InChI=1S/C23H20N4O/c1-27(14-13-19-7-4-6-18-5-2-3-8-21(18)19)16-22-25-26-23(28-22)20-11-9-17(15-24)10-12-20/h2-12H,13-14,16H2,1H3. The summed E-state index contributed by atoms with van der Waals surface area (Å²) in [4.78, 5) is 2.18. The van der Waals surface area contributed by atoms with Crippen molar-refractivity contribution in [3.8, 4) is 17.5 Å². The molecule has 0 amide bonds. The van der Waals surface area contributed by atoms with Crippen molar-refractivity contribution in [2.24, 2.45) is 0 Å². The molecule has 0 spiro atoms. The van der Waals surface area contributed by atoms with Gasteiger partial charge in [0.25, 0.3) is 0 Å². The smallest absolute Gasteiger partial charge is 0.247 e. The van der Waals surface area contributed by atoms with E-state index >= 15 is 0 Å². The van der Waals surface area contributed by atoms with Gasteiger partial charge in [-0.2, -0.15) is 5.26 Å². The van der Waals surface area contributed by atoms with Crippen molar-refractivity contribution in [1.82, 2.24) is 15.1 Å². The van der Waals surface area contributed by atoms with Gasteiger partial charge < -0.3 is 4.42 Å². The average molecular weight is 368 g/mol. The first-order chi connectivity index (χ1) is 13.7. The molecule has 3 aromatic carbocycles. The van der Waals surface area contributed by atoms with Gasteiger partial charge in [0, 0.05) is 12.1 Å². The van der Waals surface area contributed by atoms with Crippen LogP contribution in [-0.4, -0.2) is 28.7 Å². The van der Waals surface area contributed by atoms with Gasteiger partial charge in [0.2, 0.25) is 11.8 Å². The quantitative estimate of drug-likeness (QED) is 0.503. The summed E-state index contributed by atoms with van der Waals surface area (Å²) in [7, 11) is 2.05. The van der Waals surface area contributed by atoms with Gasteiger partial charge in [0.1, 0.15) is 0 Å². The average Bonchev–Trinajstić information content (AvgIpc) is 3.20. The monoisotopic (exact) mass is 368 g/mol. The van der Waals surface area contributed by atoms with Crippen molar-refractivity contribution in [1.29, 1.82) is 5.26 Å². The molecule has 28 heavy (non-hydrogen) atoms. The summed E-state index contributed by atoms with van der Waals surface area (Å²) < 4.78 is 5.79. The highest BCUT2D eigenvalue weighted by atomic mass is 16.4. The highest BCUT2D eigenvalue weighted by Gasteiger charge is 2.11. The third-order valence-corrected chi connectivity index (χ3v) is 4.78. The maximum atomic E-state index is 8.89. The Labute approximate surface area is 163 Å². The molecule has 5 nitrogen and oxygen atoms in total. The molecule has 0 bridgehead atoms. The number of nitriles is 1. The number of likely N-dealkylation sites (N-methyl/N-ethyl adjacent to an activating group) is 1. The lowest BCUT2D eigenvalue weighted by Crippen LogP contribution is -2.21. The normalized spacial score (nSPS) is 11.0. The number of aromatic nitrogens is 2. The Kier molecular flexibility index (Phi) is 5.14. The van der Waals surface area contributed by atoms with Crippen molar-refractivity contribution >= 4 is 10.8 Å². The van der Waals surface area contributed by atoms with Crippen LogP contribution in [0.15, 0.2) is 71.1 Å². The molecule has 0 aliphatic rings. The van der Waals surface area contributed by atoms with Crippen LogP contribution in [0.4, 0.5) is 0 Å². The predicted octanol–water partition coefficient (Wildman–Crippen LogP) is 4.44. The summed E-state index contributed by atoms with van der Waals surface area (Å²) >= 11 is 0. The molecule has 0 saturated heterocycles.